The standard InChI is InChI=1S/C27H21ClN4O3/c1-15-5-3-4-6-19(15)24-22-23(31-27-29-14-30-32(24)27)20-13-18(28)11-12-21(20)35-25(22)16-7-9-17(10-8-16)26(33)34-2/h3-14,24-25H,1-2H3,(H,29,30,31)/t24-,25-/m1/s1. The van der Waals surface area contributed by atoms with Gasteiger partial charge >= 0.3 is 5.97 Å². The Morgan fingerprint density at radius 2 is 1.91 bits per heavy atom. The Morgan fingerprint density at radius 3 is 2.69 bits per heavy atom. The topological polar surface area (TPSA) is 78.3 Å². The molecule has 0 spiro atoms. The summed E-state index contributed by atoms with van der Waals surface area (Å²) in [6.45, 7) is 2.09. The molecule has 0 saturated carbocycles. The number of aryl methyl sites for hydroxylation is 1. The van der Waals surface area contributed by atoms with E-state index < -0.39 is 6.10 Å². The normalized spacial score (nSPS) is 18.0. The van der Waals surface area contributed by atoms with Gasteiger partial charge in [-0.05, 0) is 53.9 Å². The van der Waals surface area contributed by atoms with E-state index in [1.54, 1.807) is 18.5 Å². The number of hydrogen-bond donors (Lipinski definition) is 1. The van der Waals surface area contributed by atoms with E-state index in [0.29, 0.717) is 22.3 Å². The average Bonchev–Trinajstić information content (AvgIpc) is 3.36. The van der Waals surface area contributed by atoms with Gasteiger partial charge in [0, 0.05) is 16.2 Å². The molecular formula is C27H21ClN4O3. The highest BCUT2D eigenvalue weighted by atomic mass is 35.5. The summed E-state index contributed by atoms with van der Waals surface area (Å²) < 4.78 is 13.4. The number of halogens is 1. The first-order chi connectivity index (χ1) is 17.0. The van der Waals surface area contributed by atoms with Gasteiger partial charge in [-0.1, -0.05) is 48.0 Å². The number of aromatic nitrogens is 3. The van der Waals surface area contributed by atoms with E-state index in [0.717, 1.165) is 33.5 Å². The SMILES string of the molecule is COC(=O)c1ccc([C@H]2Oc3ccc(Cl)cc3C3=C2[C@@H](c2ccccc2C)n2ncnc2N3)cc1. The van der Waals surface area contributed by atoms with E-state index in [2.05, 4.69) is 34.5 Å². The predicted octanol–water partition coefficient (Wildman–Crippen LogP) is 5.59. The van der Waals surface area contributed by atoms with Gasteiger partial charge in [-0.2, -0.15) is 10.1 Å². The number of hydrogen-bond acceptors (Lipinski definition) is 6. The number of rotatable bonds is 3. The molecule has 8 heteroatoms. The molecule has 7 nitrogen and oxygen atoms in total. The van der Waals surface area contributed by atoms with E-state index in [1.807, 2.05) is 47.1 Å². The molecule has 2 atom stereocenters. The van der Waals surface area contributed by atoms with E-state index >= 15 is 0 Å². The van der Waals surface area contributed by atoms with Crippen molar-refractivity contribution in [3.63, 3.8) is 0 Å². The van der Waals surface area contributed by atoms with Gasteiger partial charge in [0.1, 0.15) is 24.2 Å². The molecule has 0 amide bonds. The van der Waals surface area contributed by atoms with Crippen molar-refractivity contribution in [3.8, 4) is 5.75 Å². The monoisotopic (exact) mass is 484 g/mol. The van der Waals surface area contributed by atoms with Crippen molar-refractivity contribution in [2.75, 3.05) is 12.4 Å². The molecule has 6 rings (SSSR count). The quantitative estimate of drug-likeness (QED) is 0.382. The lowest BCUT2D eigenvalue weighted by atomic mass is 9.83. The van der Waals surface area contributed by atoms with Crippen LogP contribution in [0.2, 0.25) is 5.02 Å². The minimum Gasteiger partial charge on any atom is -0.480 e. The van der Waals surface area contributed by atoms with Crippen LogP contribution in [-0.2, 0) is 4.74 Å². The highest BCUT2D eigenvalue weighted by Gasteiger charge is 2.41. The maximum Gasteiger partial charge on any atom is 0.337 e. The Kier molecular flexibility index (Phi) is 5.07. The first-order valence-corrected chi connectivity index (χ1v) is 11.5. The van der Waals surface area contributed by atoms with Gasteiger partial charge in [-0.3, -0.25) is 0 Å². The van der Waals surface area contributed by atoms with E-state index in [1.165, 1.54) is 7.11 Å². The van der Waals surface area contributed by atoms with Crippen molar-refractivity contribution >= 4 is 29.2 Å². The van der Waals surface area contributed by atoms with Crippen LogP contribution < -0.4 is 10.1 Å². The van der Waals surface area contributed by atoms with Gasteiger partial charge in [-0.25, -0.2) is 9.48 Å². The molecule has 1 N–H and O–H groups in total. The first-order valence-electron chi connectivity index (χ1n) is 11.2. The third kappa shape index (κ3) is 3.47. The molecule has 174 valence electrons. The Morgan fingerprint density at radius 1 is 1.11 bits per heavy atom. The van der Waals surface area contributed by atoms with Crippen molar-refractivity contribution in [1.82, 2.24) is 14.8 Å². The number of fused-ring (bicyclic) bond motifs is 3. The number of nitrogens with one attached hydrogen (secondary N) is 1. The first kappa shape index (κ1) is 21.4. The maximum absolute atomic E-state index is 12.0. The summed E-state index contributed by atoms with van der Waals surface area (Å²) >= 11 is 6.40. The molecule has 0 bridgehead atoms. The fourth-order valence-electron chi connectivity index (χ4n) is 4.82. The summed E-state index contributed by atoms with van der Waals surface area (Å²) in [7, 11) is 1.37. The van der Waals surface area contributed by atoms with Crippen LogP contribution in [0.5, 0.6) is 5.75 Å². The lowest BCUT2D eigenvalue weighted by Crippen LogP contribution is -2.32. The van der Waals surface area contributed by atoms with Crippen LogP contribution in [0.4, 0.5) is 5.95 Å². The zero-order valence-corrected chi connectivity index (χ0v) is 19.8. The Labute approximate surface area is 207 Å². The van der Waals surface area contributed by atoms with Crippen molar-refractivity contribution in [2.24, 2.45) is 0 Å². The largest absolute Gasteiger partial charge is 0.480 e. The second-order valence-corrected chi connectivity index (χ2v) is 8.93. The minimum absolute atomic E-state index is 0.262. The van der Waals surface area contributed by atoms with E-state index in [-0.39, 0.29) is 12.0 Å². The molecule has 3 heterocycles. The summed E-state index contributed by atoms with van der Waals surface area (Å²) in [5.74, 6) is 0.967. The molecule has 3 aromatic carbocycles. The van der Waals surface area contributed by atoms with E-state index in [9.17, 15) is 4.79 Å². The Balaban J connectivity index is 1.59. The summed E-state index contributed by atoms with van der Waals surface area (Å²) in [6.07, 6.45) is 1.10. The summed E-state index contributed by atoms with van der Waals surface area (Å²) in [4.78, 5) is 16.5. The number of methoxy groups -OCH3 is 1. The van der Waals surface area contributed by atoms with Gasteiger partial charge in [0.15, 0.2) is 0 Å². The van der Waals surface area contributed by atoms with Crippen molar-refractivity contribution in [2.45, 2.75) is 19.1 Å². The number of benzene rings is 3. The molecular weight excluding hydrogens is 464 g/mol. The van der Waals surface area contributed by atoms with Crippen LogP contribution in [-0.4, -0.2) is 27.8 Å². The number of esters is 1. The van der Waals surface area contributed by atoms with Crippen LogP contribution in [0, 0.1) is 6.92 Å². The van der Waals surface area contributed by atoms with Crippen molar-refractivity contribution in [1.29, 1.82) is 0 Å². The summed E-state index contributed by atoms with van der Waals surface area (Å²) in [5.41, 5.74) is 6.34. The molecule has 1 aromatic heterocycles. The van der Waals surface area contributed by atoms with Gasteiger partial charge in [0.2, 0.25) is 5.95 Å². The van der Waals surface area contributed by atoms with Gasteiger partial charge in [0.25, 0.3) is 0 Å². The lowest BCUT2D eigenvalue weighted by Gasteiger charge is -2.39. The number of nitrogens with zero attached hydrogens (tertiary/aromatic N) is 3. The Bertz CT molecular complexity index is 1490. The van der Waals surface area contributed by atoms with Crippen LogP contribution in [0.1, 0.15) is 44.8 Å². The molecule has 35 heavy (non-hydrogen) atoms. The zero-order chi connectivity index (χ0) is 24.1. The molecule has 0 radical (unpaired) electrons. The lowest BCUT2D eigenvalue weighted by molar-refractivity contribution is 0.0600. The average molecular weight is 485 g/mol. The maximum atomic E-state index is 12.0. The molecule has 0 saturated heterocycles. The van der Waals surface area contributed by atoms with Crippen LogP contribution in [0.3, 0.4) is 0 Å². The van der Waals surface area contributed by atoms with E-state index in [4.69, 9.17) is 21.1 Å². The second kappa shape index (κ2) is 8.29. The predicted molar refractivity (Wildman–Crippen MR) is 132 cm³/mol. The van der Waals surface area contributed by atoms with Gasteiger partial charge in [-0.15, -0.1) is 0 Å². The summed E-state index contributed by atoms with van der Waals surface area (Å²) in [6, 6.07) is 20.9. The molecule has 0 unspecified atom stereocenters. The minimum atomic E-state index is -0.445. The number of carbonyl (C=O) groups is 1. The third-order valence-corrected chi connectivity index (χ3v) is 6.73. The van der Waals surface area contributed by atoms with Crippen LogP contribution >= 0.6 is 11.6 Å². The molecule has 0 fully saturated rings. The van der Waals surface area contributed by atoms with Gasteiger partial charge in [0.05, 0.1) is 18.4 Å². The number of ether oxygens (including phenoxy) is 2. The van der Waals surface area contributed by atoms with Crippen LogP contribution in [0.15, 0.2) is 78.6 Å². The van der Waals surface area contributed by atoms with Gasteiger partial charge < -0.3 is 14.8 Å². The summed E-state index contributed by atoms with van der Waals surface area (Å²) in [5, 5.41) is 8.65. The number of anilines is 1. The highest BCUT2D eigenvalue weighted by molar-refractivity contribution is 6.30. The molecule has 2 aliphatic rings. The Hall–Kier alpha value is -4.10. The second-order valence-electron chi connectivity index (χ2n) is 8.49. The molecule has 2 aliphatic heterocycles. The third-order valence-electron chi connectivity index (χ3n) is 6.49. The van der Waals surface area contributed by atoms with Crippen molar-refractivity contribution < 1.29 is 14.3 Å². The molecule has 4 aromatic rings. The smallest absolute Gasteiger partial charge is 0.337 e. The molecule has 0 aliphatic carbocycles. The highest BCUT2D eigenvalue weighted by Crippen LogP contribution is 2.51. The van der Waals surface area contributed by atoms with Crippen molar-refractivity contribution in [3.05, 3.63) is 111 Å². The number of carbonyl (C=O) groups excluding carboxylic acids is 1. The fourth-order valence-corrected chi connectivity index (χ4v) is 4.99. The zero-order valence-electron chi connectivity index (χ0n) is 19.0. The fraction of sp³-hybridized carbons (Fsp3) is 0.148. The van der Waals surface area contributed by atoms with Crippen LogP contribution in [0.25, 0.3) is 5.70 Å².